The van der Waals surface area contributed by atoms with E-state index in [2.05, 4.69) is 11.7 Å². The van der Waals surface area contributed by atoms with E-state index in [1.54, 1.807) is 12.1 Å². The Morgan fingerprint density at radius 2 is 1.78 bits per heavy atom. The van der Waals surface area contributed by atoms with Crippen LogP contribution in [-0.4, -0.2) is 20.3 Å². The smallest absolute Gasteiger partial charge is 0.418 e. The lowest BCUT2D eigenvalue weighted by Crippen LogP contribution is -2.21. The molecule has 2 rings (SSSR count). The van der Waals surface area contributed by atoms with Gasteiger partial charge in [0.25, 0.3) is 0 Å². The van der Waals surface area contributed by atoms with E-state index >= 15 is 0 Å². The van der Waals surface area contributed by atoms with E-state index < -0.39 is 15.3 Å². The fourth-order valence-corrected chi connectivity index (χ4v) is 2.63. The first-order valence-corrected chi connectivity index (χ1v) is 6.69. The molecule has 92 valence electrons. The van der Waals surface area contributed by atoms with E-state index in [0.29, 0.717) is 0 Å². The van der Waals surface area contributed by atoms with Gasteiger partial charge < -0.3 is 4.74 Å². The van der Waals surface area contributed by atoms with Gasteiger partial charge in [0.2, 0.25) is 15.3 Å². The summed E-state index contributed by atoms with van der Waals surface area (Å²) in [7, 11) is -3.79. The molecule has 0 spiro atoms. The van der Waals surface area contributed by atoms with Crippen molar-refractivity contribution in [2.24, 2.45) is 0 Å². The van der Waals surface area contributed by atoms with Gasteiger partial charge in [0.05, 0.1) is 4.90 Å². The van der Waals surface area contributed by atoms with Gasteiger partial charge >= 0.3 is 6.47 Å². The molecule has 0 fully saturated rings. The van der Waals surface area contributed by atoms with Crippen molar-refractivity contribution in [1.82, 2.24) is 0 Å². The fraction of sp³-hybridized carbons (Fsp3) is 0.0769. The maximum Gasteiger partial charge on any atom is 0.418 e. The number of carbonyl (C=O) groups excluding carboxylic acids is 1. The summed E-state index contributed by atoms with van der Waals surface area (Å²) in [6.07, 6.45) is 0. The average Bonchev–Trinajstić information content (AvgIpc) is 2.38. The van der Waals surface area contributed by atoms with Crippen LogP contribution in [-0.2, 0) is 19.4 Å². The molecule has 0 aliphatic rings. The van der Waals surface area contributed by atoms with E-state index in [4.69, 9.17) is 0 Å². The molecule has 4 nitrogen and oxygen atoms in total. The van der Waals surface area contributed by atoms with Crippen LogP contribution in [0.25, 0.3) is 10.8 Å². The van der Waals surface area contributed by atoms with Gasteiger partial charge in [-0.1, -0.05) is 30.3 Å². The zero-order chi connectivity index (χ0) is 13.2. The van der Waals surface area contributed by atoms with Gasteiger partial charge in [-0.3, -0.25) is 0 Å². The minimum atomic E-state index is -3.79. The molecular formula is C13H10O4S. The second kappa shape index (κ2) is 4.78. The van der Waals surface area contributed by atoms with Gasteiger partial charge in [0.15, 0.2) is 0 Å². The van der Waals surface area contributed by atoms with Crippen LogP contribution in [0.5, 0.6) is 0 Å². The minimum absolute atomic E-state index is 0.0662. The zero-order valence-electron chi connectivity index (χ0n) is 9.37. The van der Waals surface area contributed by atoms with E-state index in [9.17, 15) is 13.2 Å². The topological polar surface area (TPSA) is 60.4 Å². The van der Waals surface area contributed by atoms with Crippen molar-refractivity contribution in [3.63, 3.8) is 0 Å². The highest BCUT2D eigenvalue weighted by Crippen LogP contribution is 2.22. The molecular weight excluding hydrogens is 252 g/mol. The Labute approximate surface area is 105 Å². The Morgan fingerprint density at radius 1 is 1.11 bits per heavy atom. The summed E-state index contributed by atoms with van der Waals surface area (Å²) in [5.41, 5.74) is -1.49. The van der Waals surface area contributed by atoms with E-state index in [0.717, 1.165) is 17.2 Å². The SMILES string of the molecule is [CH2]C(O[C]=O)S(=O)(=O)c1ccc2ccccc2c1. The highest BCUT2D eigenvalue weighted by Gasteiger charge is 2.25. The summed E-state index contributed by atoms with van der Waals surface area (Å²) < 4.78 is 28.3. The number of sulfone groups is 1. The molecule has 0 aromatic heterocycles. The van der Waals surface area contributed by atoms with Crippen LogP contribution >= 0.6 is 0 Å². The first kappa shape index (κ1) is 12.6. The van der Waals surface area contributed by atoms with Crippen molar-refractivity contribution in [3.8, 4) is 0 Å². The van der Waals surface area contributed by atoms with Crippen LogP contribution in [0, 0.1) is 6.92 Å². The molecule has 2 aromatic rings. The molecule has 0 heterocycles. The second-order valence-corrected chi connectivity index (χ2v) is 5.77. The molecule has 0 saturated heterocycles. The summed E-state index contributed by atoms with van der Waals surface area (Å²) in [5.74, 6) is 0. The molecule has 0 aliphatic carbocycles. The predicted molar refractivity (Wildman–Crippen MR) is 67.1 cm³/mol. The molecule has 0 amide bonds. The summed E-state index contributed by atoms with van der Waals surface area (Å²) in [6, 6.07) is 12.0. The molecule has 2 radical (unpaired) electrons. The monoisotopic (exact) mass is 262 g/mol. The van der Waals surface area contributed by atoms with Crippen LogP contribution in [0.2, 0.25) is 0 Å². The number of benzene rings is 2. The Hall–Kier alpha value is -1.88. The lowest BCUT2D eigenvalue weighted by molar-refractivity contribution is 0.275. The molecule has 2 aromatic carbocycles. The summed E-state index contributed by atoms with van der Waals surface area (Å²) in [4.78, 5) is 10.1. The number of fused-ring (bicyclic) bond motifs is 1. The number of hydrogen-bond acceptors (Lipinski definition) is 4. The predicted octanol–water partition coefficient (Wildman–Crippen LogP) is 1.86. The number of rotatable bonds is 4. The number of hydrogen-bond donors (Lipinski definition) is 0. The molecule has 0 bridgehead atoms. The third-order valence-corrected chi connectivity index (χ3v) is 4.27. The van der Waals surface area contributed by atoms with E-state index in [-0.39, 0.29) is 4.90 Å². The first-order valence-electron chi connectivity index (χ1n) is 5.14. The van der Waals surface area contributed by atoms with Crippen molar-refractivity contribution in [2.45, 2.75) is 10.3 Å². The van der Waals surface area contributed by atoms with Crippen LogP contribution < -0.4 is 0 Å². The lowest BCUT2D eigenvalue weighted by Gasteiger charge is -2.10. The lowest BCUT2D eigenvalue weighted by atomic mass is 10.1. The van der Waals surface area contributed by atoms with Gasteiger partial charge in [-0.25, -0.2) is 13.2 Å². The number of ether oxygens (including phenoxy) is 1. The van der Waals surface area contributed by atoms with Crippen molar-refractivity contribution in [2.75, 3.05) is 0 Å². The molecule has 0 aliphatic heterocycles. The van der Waals surface area contributed by atoms with Crippen molar-refractivity contribution < 1.29 is 17.9 Å². The normalized spacial score (nSPS) is 13.2. The minimum Gasteiger partial charge on any atom is -0.437 e. The highest BCUT2D eigenvalue weighted by atomic mass is 32.2. The maximum absolute atomic E-state index is 12.0. The van der Waals surface area contributed by atoms with Gasteiger partial charge in [-0.2, -0.15) is 0 Å². The third-order valence-electron chi connectivity index (χ3n) is 2.58. The molecule has 1 atom stereocenters. The summed E-state index contributed by atoms with van der Waals surface area (Å²) >= 11 is 0. The van der Waals surface area contributed by atoms with Gasteiger partial charge in [0, 0.05) is 6.92 Å². The van der Waals surface area contributed by atoms with Gasteiger partial charge in [-0.05, 0) is 22.9 Å². The van der Waals surface area contributed by atoms with Crippen molar-refractivity contribution in [3.05, 3.63) is 49.4 Å². The van der Waals surface area contributed by atoms with Crippen LogP contribution in [0.3, 0.4) is 0 Å². The van der Waals surface area contributed by atoms with Crippen LogP contribution in [0.4, 0.5) is 0 Å². The molecule has 5 heteroatoms. The largest absolute Gasteiger partial charge is 0.437 e. The van der Waals surface area contributed by atoms with Gasteiger partial charge in [-0.15, -0.1) is 0 Å². The maximum atomic E-state index is 12.0. The Bertz CT molecular complexity index is 676. The van der Waals surface area contributed by atoms with E-state index in [1.165, 1.54) is 12.1 Å². The Morgan fingerprint density at radius 3 is 2.44 bits per heavy atom. The second-order valence-electron chi connectivity index (χ2n) is 3.68. The molecule has 1 unspecified atom stereocenters. The van der Waals surface area contributed by atoms with Crippen molar-refractivity contribution in [1.29, 1.82) is 0 Å². The molecule has 18 heavy (non-hydrogen) atoms. The molecule has 0 N–H and O–H groups in total. The van der Waals surface area contributed by atoms with E-state index in [1.807, 2.05) is 18.2 Å². The fourth-order valence-electron chi connectivity index (χ4n) is 1.61. The summed E-state index contributed by atoms with van der Waals surface area (Å²) in [5, 5.41) is 1.72. The third kappa shape index (κ3) is 2.22. The quantitative estimate of drug-likeness (QED) is 0.843. The van der Waals surface area contributed by atoms with Gasteiger partial charge in [0.1, 0.15) is 0 Å². The Balaban J connectivity index is 2.51. The van der Waals surface area contributed by atoms with Crippen molar-refractivity contribution >= 4 is 27.1 Å². The average molecular weight is 262 g/mol. The zero-order valence-corrected chi connectivity index (χ0v) is 10.2. The first-order chi connectivity index (χ1) is 8.55. The Kier molecular flexibility index (Phi) is 3.34. The molecule has 0 saturated carbocycles. The van der Waals surface area contributed by atoms with Crippen LogP contribution in [0.1, 0.15) is 0 Å². The summed E-state index contributed by atoms with van der Waals surface area (Å²) in [6.45, 7) is 4.37. The van der Waals surface area contributed by atoms with Crippen LogP contribution in [0.15, 0.2) is 47.4 Å². The highest BCUT2D eigenvalue weighted by molar-refractivity contribution is 7.92. The standard InChI is InChI=1S/C13H10O4S/c1-10(17-9-14)18(15,16)13-7-6-11-4-2-3-5-12(11)8-13/h2-8,10H,1H2.